The average Bonchev–Trinajstić information content (AvgIpc) is 2.27. The molecule has 2 unspecified atom stereocenters. The Kier molecular flexibility index (Phi) is 3.94. The molecule has 0 aromatic heterocycles. The molecule has 1 fully saturated rings. The zero-order valence-electron chi connectivity index (χ0n) is 10.3. The Morgan fingerprint density at radius 2 is 2.00 bits per heavy atom. The highest BCUT2D eigenvalue weighted by molar-refractivity contribution is 8.00. The Hall–Kier alpha value is -0.740. The molecule has 2 rings (SSSR count). The molecule has 1 aliphatic heterocycles. The van der Waals surface area contributed by atoms with Gasteiger partial charge in [0.2, 0.25) is 0 Å². The van der Waals surface area contributed by atoms with Gasteiger partial charge in [-0.1, -0.05) is 13.8 Å². The molecule has 4 heteroatoms. The van der Waals surface area contributed by atoms with E-state index in [9.17, 15) is 4.39 Å². The molecule has 0 amide bonds. The van der Waals surface area contributed by atoms with Crippen molar-refractivity contribution in [1.29, 1.82) is 0 Å². The van der Waals surface area contributed by atoms with Gasteiger partial charge in [0, 0.05) is 35.8 Å². The van der Waals surface area contributed by atoms with Crippen LogP contribution in [0, 0.1) is 5.82 Å². The fourth-order valence-electron chi connectivity index (χ4n) is 2.40. The largest absolute Gasteiger partial charge is 0.369 e. The van der Waals surface area contributed by atoms with Crippen molar-refractivity contribution in [1.82, 2.24) is 0 Å². The van der Waals surface area contributed by atoms with Gasteiger partial charge in [0.15, 0.2) is 0 Å². The first-order valence-electron chi connectivity index (χ1n) is 5.99. The summed E-state index contributed by atoms with van der Waals surface area (Å²) in [5.41, 5.74) is 7.69. The maximum atomic E-state index is 13.2. The van der Waals surface area contributed by atoms with Crippen molar-refractivity contribution in [3.63, 3.8) is 0 Å². The lowest BCUT2D eigenvalue weighted by Crippen LogP contribution is -2.41. The predicted octanol–water partition coefficient (Wildman–Crippen LogP) is 2.61. The second-order valence-electron chi connectivity index (χ2n) is 4.64. The summed E-state index contributed by atoms with van der Waals surface area (Å²) in [4.78, 5) is 2.33. The van der Waals surface area contributed by atoms with E-state index in [1.165, 1.54) is 6.07 Å². The maximum absolute atomic E-state index is 13.2. The van der Waals surface area contributed by atoms with E-state index in [1.54, 1.807) is 6.07 Å². The van der Waals surface area contributed by atoms with E-state index in [2.05, 4.69) is 18.7 Å². The van der Waals surface area contributed by atoms with E-state index in [0.717, 1.165) is 24.3 Å². The number of hydrogen-bond acceptors (Lipinski definition) is 3. The van der Waals surface area contributed by atoms with Gasteiger partial charge in [0.25, 0.3) is 0 Å². The third-order valence-corrected chi connectivity index (χ3v) is 4.25. The highest BCUT2D eigenvalue weighted by Gasteiger charge is 2.23. The molecule has 2 nitrogen and oxygen atoms in total. The molecule has 0 aliphatic carbocycles. The van der Waals surface area contributed by atoms with E-state index in [-0.39, 0.29) is 5.82 Å². The Morgan fingerprint density at radius 1 is 1.35 bits per heavy atom. The molecule has 0 saturated carbocycles. The molecule has 0 bridgehead atoms. The summed E-state index contributed by atoms with van der Waals surface area (Å²) in [6.07, 6.45) is 0. The summed E-state index contributed by atoms with van der Waals surface area (Å²) < 4.78 is 13.2. The van der Waals surface area contributed by atoms with Gasteiger partial charge in [-0.25, -0.2) is 4.39 Å². The molecule has 17 heavy (non-hydrogen) atoms. The van der Waals surface area contributed by atoms with Crippen molar-refractivity contribution in [2.45, 2.75) is 30.9 Å². The van der Waals surface area contributed by atoms with Crippen LogP contribution in [0.2, 0.25) is 0 Å². The SMILES string of the molecule is CC1CN(c2ccc(F)cc2CN)CC(C)S1. The number of hydrogen-bond donors (Lipinski definition) is 1. The van der Waals surface area contributed by atoms with Crippen LogP contribution in [-0.2, 0) is 6.54 Å². The third-order valence-electron chi connectivity index (χ3n) is 3.02. The first-order chi connectivity index (χ1) is 8.10. The van der Waals surface area contributed by atoms with Gasteiger partial charge >= 0.3 is 0 Å². The molecule has 1 aromatic carbocycles. The lowest BCUT2D eigenvalue weighted by Gasteiger charge is -2.37. The maximum Gasteiger partial charge on any atom is 0.123 e. The molecule has 1 heterocycles. The summed E-state index contributed by atoms with van der Waals surface area (Å²) in [6, 6.07) is 4.92. The highest BCUT2D eigenvalue weighted by atomic mass is 32.2. The van der Waals surface area contributed by atoms with E-state index in [4.69, 9.17) is 5.73 Å². The number of thioether (sulfide) groups is 1. The zero-order chi connectivity index (χ0) is 12.4. The zero-order valence-corrected chi connectivity index (χ0v) is 11.1. The van der Waals surface area contributed by atoms with Crippen molar-refractivity contribution >= 4 is 17.4 Å². The molecular weight excluding hydrogens is 235 g/mol. The summed E-state index contributed by atoms with van der Waals surface area (Å²) in [7, 11) is 0. The van der Waals surface area contributed by atoms with Crippen molar-refractivity contribution < 1.29 is 4.39 Å². The number of anilines is 1. The topological polar surface area (TPSA) is 29.3 Å². The van der Waals surface area contributed by atoms with Crippen LogP contribution in [0.1, 0.15) is 19.4 Å². The minimum absolute atomic E-state index is 0.207. The fraction of sp³-hybridized carbons (Fsp3) is 0.538. The lowest BCUT2D eigenvalue weighted by molar-refractivity contribution is 0.624. The van der Waals surface area contributed by atoms with Gasteiger partial charge in [0.1, 0.15) is 5.82 Å². The Bertz CT molecular complexity index is 387. The smallest absolute Gasteiger partial charge is 0.123 e. The summed E-state index contributed by atoms with van der Waals surface area (Å²) >= 11 is 2.01. The normalized spacial score (nSPS) is 25.1. The summed E-state index contributed by atoms with van der Waals surface area (Å²) in [6.45, 7) is 6.87. The second-order valence-corrected chi connectivity index (χ2v) is 6.52. The van der Waals surface area contributed by atoms with E-state index in [0.29, 0.717) is 17.0 Å². The standard InChI is InChI=1S/C13H19FN2S/c1-9-7-16(8-10(2)17-9)13-4-3-12(14)5-11(13)6-15/h3-5,9-10H,6-8,15H2,1-2H3. The van der Waals surface area contributed by atoms with Crippen molar-refractivity contribution in [2.24, 2.45) is 5.73 Å². The number of halogens is 1. The van der Waals surface area contributed by atoms with Crippen molar-refractivity contribution in [3.8, 4) is 0 Å². The Balaban J connectivity index is 2.26. The van der Waals surface area contributed by atoms with Gasteiger partial charge in [-0.2, -0.15) is 11.8 Å². The van der Waals surface area contributed by atoms with E-state index < -0.39 is 0 Å². The summed E-state index contributed by atoms with van der Waals surface area (Å²) in [5.74, 6) is -0.207. The minimum Gasteiger partial charge on any atom is -0.369 e. The third kappa shape index (κ3) is 2.93. The second kappa shape index (κ2) is 5.27. The molecule has 2 N–H and O–H groups in total. The van der Waals surface area contributed by atoms with Gasteiger partial charge in [-0.15, -0.1) is 0 Å². The fourth-order valence-corrected chi connectivity index (χ4v) is 3.73. The summed E-state index contributed by atoms with van der Waals surface area (Å²) in [5, 5.41) is 1.21. The van der Waals surface area contributed by atoms with Gasteiger partial charge < -0.3 is 10.6 Å². The van der Waals surface area contributed by atoms with Crippen molar-refractivity contribution in [2.75, 3.05) is 18.0 Å². The van der Waals surface area contributed by atoms with Crippen LogP contribution in [0.4, 0.5) is 10.1 Å². The van der Waals surface area contributed by atoms with Gasteiger partial charge in [0.05, 0.1) is 0 Å². The van der Waals surface area contributed by atoms with Crippen LogP contribution in [0.15, 0.2) is 18.2 Å². The molecule has 0 spiro atoms. The van der Waals surface area contributed by atoms with E-state index >= 15 is 0 Å². The van der Waals surface area contributed by atoms with Crippen LogP contribution in [0.5, 0.6) is 0 Å². The first kappa shape index (κ1) is 12.7. The number of rotatable bonds is 2. The van der Waals surface area contributed by atoms with Gasteiger partial charge in [-0.05, 0) is 23.8 Å². The van der Waals surface area contributed by atoms with E-state index in [1.807, 2.05) is 17.8 Å². The molecular formula is C13H19FN2S. The van der Waals surface area contributed by atoms with Gasteiger partial charge in [-0.3, -0.25) is 0 Å². The lowest BCUT2D eigenvalue weighted by atomic mass is 10.1. The predicted molar refractivity (Wildman–Crippen MR) is 73.0 cm³/mol. The quantitative estimate of drug-likeness (QED) is 0.879. The number of benzene rings is 1. The van der Waals surface area contributed by atoms with Crippen molar-refractivity contribution in [3.05, 3.63) is 29.6 Å². The molecule has 1 aromatic rings. The Morgan fingerprint density at radius 3 is 2.59 bits per heavy atom. The van der Waals surface area contributed by atoms with Crippen LogP contribution < -0.4 is 10.6 Å². The Labute approximate surface area is 106 Å². The average molecular weight is 254 g/mol. The van der Waals surface area contributed by atoms with Crippen LogP contribution in [0.3, 0.4) is 0 Å². The molecule has 0 radical (unpaired) electrons. The minimum atomic E-state index is -0.207. The highest BCUT2D eigenvalue weighted by Crippen LogP contribution is 2.30. The van der Waals surface area contributed by atoms with Crippen LogP contribution >= 0.6 is 11.8 Å². The number of nitrogens with two attached hydrogens (primary N) is 1. The molecule has 1 saturated heterocycles. The van der Waals surface area contributed by atoms with Crippen LogP contribution in [-0.4, -0.2) is 23.6 Å². The molecule has 2 atom stereocenters. The number of nitrogens with zero attached hydrogens (tertiary/aromatic N) is 1. The first-order valence-corrected chi connectivity index (χ1v) is 6.93. The monoisotopic (exact) mass is 254 g/mol. The van der Waals surface area contributed by atoms with Crippen LogP contribution in [0.25, 0.3) is 0 Å². The molecule has 1 aliphatic rings. The molecule has 94 valence electrons.